The van der Waals surface area contributed by atoms with Gasteiger partial charge < -0.3 is 14.8 Å². The van der Waals surface area contributed by atoms with Gasteiger partial charge in [0.1, 0.15) is 5.82 Å². The number of rotatable bonds is 6. The molecule has 3 aromatic heterocycles. The Hall–Kier alpha value is -4.07. The molecule has 4 aromatic rings. The Bertz CT molecular complexity index is 1320. The standard InChI is InChI=1S/C28H31N7O/c1-19(2)35-20(3)31-18-26(35)25-10-15-30-28(33-25)32-24-6-4-23(5-7-24)27(36)34-16-11-22(12-17-34)21-8-13-29-14-9-21/h4-10,13-15,18-19,22H,11-12,16-17H2,1-3H3,(H,30,32,33). The summed E-state index contributed by atoms with van der Waals surface area (Å²) in [5.74, 6) is 2.02. The van der Waals surface area contributed by atoms with Crippen LogP contribution >= 0.6 is 0 Å². The number of hydrogen-bond acceptors (Lipinski definition) is 6. The topological polar surface area (TPSA) is 88.8 Å². The Morgan fingerprint density at radius 1 is 0.972 bits per heavy atom. The molecule has 0 unspecified atom stereocenters. The second kappa shape index (κ2) is 10.3. The summed E-state index contributed by atoms with van der Waals surface area (Å²) >= 11 is 0. The minimum absolute atomic E-state index is 0.0743. The number of likely N-dealkylation sites (tertiary alicyclic amines) is 1. The maximum atomic E-state index is 13.1. The van der Waals surface area contributed by atoms with Crippen molar-refractivity contribution in [2.24, 2.45) is 0 Å². The molecule has 0 bridgehead atoms. The molecule has 1 fully saturated rings. The lowest BCUT2D eigenvalue weighted by atomic mass is 9.90. The highest BCUT2D eigenvalue weighted by molar-refractivity contribution is 5.94. The summed E-state index contributed by atoms with van der Waals surface area (Å²) in [5.41, 5.74) is 4.59. The SMILES string of the molecule is Cc1ncc(-c2ccnc(Nc3ccc(C(=O)N4CCC(c5ccncc5)CC4)cc3)n2)n1C(C)C. The lowest BCUT2D eigenvalue weighted by molar-refractivity contribution is 0.0713. The highest BCUT2D eigenvalue weighted by Gasteiger charge is 2.24. The molecule has 1 aliphatic rings. The van der Waals surface area contributed by atoms with Crippen molar-refractivity contribution < 1.29 is 4.79 Å². The van der Waals surface area contributed by atoms with E-state index < -0.39 is 0 Å². The third kappa shape index (κ3) is 4.98. The van der Waals surface area contributed by atoms with Crippen LogP contribution in [0.2, 0.25) is 0 Å². The molecule has 1 aromatic carbocycles. The zero-order valence-electron chi connectivity index (χ0n) is 20.9. The van der Waals surface area contributed by atoms with E-state index in [4.69, 9.17) is 4.98 Å². The predicted molar refractivity (Wildman–Crippen MR) is 140 cm³/mol. The fourth-order valence-corrected chi connectivity index (χ4v) is 4.92. The zero-order valence-corrected chi connectivity index (χ0v) is 20.9. The Balaban J connectivity index is 1.23. The molecule has 36 heavy (non-hydrogen) atoms. The molecule has 0 radical (unpaired) electrons. The highest BCUT2D eigenvalue weighted by atomic mass is 16.2. The maximum Gasteiger partial charge on any atom is 0.253 e. The average Bonchev–Trinajstić information content (AvgIpc) is 3.31. The van der Waals surface area contributed by atoms with Crippen molar-refractivity contribution >= 4 is 17.5 Å². The van der Waals surface area contributed by atoms with Gasteiger partial charge >= 0.3 is 0 Å². The van der Waals surface area contributed by atoms with E-state index in [1.807, 2.05) is 60.7 Å². The molecular formula is C28H31N7O. The number of benzene rings is 1. The molecule has 5 rings (SSSR count). The van der Waals surface area contributed by atoms with Gasteiger partial charge in [-0.25, -0.2) is 15.0 Å². The van der Waals surface area contributed by atoms with Crippen molar-refractivity contribution in [3.8, 4) is 11.4 Å². The van der Waals surface area contributed by atoms with Crippen LogP contribution in [0.4, 0.5) is 11.6 Å². The van der Waals surface area contributed by atoms with Crippen LogP contribution in [-0.4, -0.2) is 48.4 Å². The minimum atomic E-state index is 0.0743. The summed E-state index contributed by atoms with van der Waals surface area (Å²) in [6.07, 6.45) is 9.21. The number of carbonyl (C=O) groups excluding carboxylic acids is 1. The van der Waals surface area contributed by atoms with Gasteiger partial charge in [0.15, 0.2) is 0 Å². The molecular weight excluding hydrogens is 450 g/mol. The van der Waals surface area contributed by atoms with Crippen LogP contribution in [0.1, 0.15) is 60.4 Å². The van der Waals surface area contributed by atoms with Crippen molar-refractivity contribution in [2.45, 2.75) is 45.6 Å². The first-order valence-electron chi connectivity index (χ1n) is 12.4. The Kier molecular flexibility index (Phi) is 6.75. The van der Waals surface area contributed by atoms with Crippen LogP contribution in [0.15, 0.2) is 67.3 Å². The third-order valence-electron chi connectivity index (χ3n) is 6.76. The van der Waals surface area contributed by atoms with Gasteiger partial charge in [-0.05, 0) is 87.6 Å². The average molecular weight is 482 g/mol. The van der Waals surface area contributed by atoms with Crippen LogP contribution in [0.5, 0.6) is 0 Å². The molecule has 4 heterocycles. The number of nitrogens with one attached hydrogen (secondary N) is 1. The van der Waals surface area contributed by atoms with Crippen LogP contribution in [0, 0.1) is 6.92 Å². The number of piperidine rings is 1. The van der Waals surface area contributed by atoms with Gasteiger partial charge in [0.05, 0.1) is 17.6 Å². The van der Waals surface area contributed by atoms with Crippen molar-refractivity contribution in [3.05, 3.63) is 84.2 Å². The summed E-state index contributed by atoms with van der Waals surface area (Å²) in [6.45, 7) is 7.78. The summed E-state index contributed by atoms with van der Waals surface area (Å²) < 4.78 is 2.16. The van der Waals surface area contributed by atoms with Crippen LogP contribution in [0.25, 0.3) is 11.4 Å². The fourth-order valence-electron chi connectivity index (χ4n) is 4.92. The van der Waals surface area contributed by atoms with Gasteiger partial charge in [0.25, 0.3) is 5.91 Å². The number of carbonyl (C=O) groups is 1. The molecule has 8 nitrogen and oxygen atoms in total. The molecule has 1 amide bonds. The summed E-state index contributed by atoms with van der Waals surface area (Å²) in [7, 11) is 0. The second-order valence-electron chi connectivity index (χ2n) is 9.47. The number of amides is 1. The molecule has 0 aliphatic carbocycles. The first-order chi connectivity index (χ1) is 17.5. The fraction of sp³-hybridized carbons (Fsp3) is 0.321. The zero-order chi connectivity index (χ0) is 25.1. The first kappa shape index (κ1) is 23.7. The summed E-state index contributed by atoms with van der Waals surface area (Å²) in [5, 5.41) is 3.26. The number of imidazole rings is 1. The van der Waals surface area contributed by atoms with Crippen molar-refractivity contribution in [2.75, 3.05) is 18.4 Å². The van der Waals surface area contributed by atoms with E-state index in [2.05, 4.69) is 50.8 Å². The molecule has 1 N–H and O–H groups in total. The molecule has 0 atom stereocenters. The molecule has 1 saturated heterocycles. The van der Waals surface area contributed by atoms with E-state index in [1.54, 1.807) is 6.20 Å². The van der Waals surface area contributed by atoms with Gasteiger partial charge in [-0.3, -0.25) is 9.78 Å². The third-order valence-corrected chi connectivity index (χ3v) is 6.76. The van der Waals surface area contributed by atoms with Gasteiger partial charge in [0.2, 0.25) is 5.95 Å². The number of aromatic nitrogens is 5. The number of aryl methyl sites for hydroxylation is 1. The highest BCUT2D eigenvalue weighted by Crippen LogP contribution is 2.29. The van der Waals surface area contributed by atoms with Gasteiger partial charge in [0, 0.05) is 49.0 Å². The largest absolute Gasteiger partial charge is 0.339 e. The van der Waals surface area contributed by atoms with Gasteiger partial charge in [-0.15, -0.1) is 0 Å². The number of pyridine rings is 1. The van der Waals surface area contributed by atoms with Crippen molar-refractivity contribution in [1.29, 1.82) is 0 Å². The quantitative estimate of drug-likeness (QED) is 0.397. The molecule has 0 saturated carbocycles. The van der Waals surface area contributed by atoms with Gasteiger partial charge in [-0.1, -0.05) is 0 Å². The van der Waals surface area contributed by atoms with Gasteiger partial charge in [-0.2, -0.15) is 0 Å². The van der Waals surface area contributed by atoms with E-state index in [0.717, 1.165) is 48.8 Å². The maximum absolute atomic E-state index is 13.1. The monoisotopic (exact) mass is 481 g/mol. The number of nitrogens with zero attached hydrogens (tertiary/aromatic N) is 6. The van der Waals surface area contributed by atoms with Crippen LogP contribution in [-0.2, 0) is 0 Å². The predicted octanol–water partition coefficient (Wildman–Crippen LogP) is 5.39. The lowest BCUT2D eigenvalue weighted by Gasteiger charge is -2.32. The smallest absolute Gasteiger partial charge is 0.253 e. The molecule has 184 valence electrons. The van der Waals surface area contributed by atoms with E-state index in [9.17, 15) is 4.79 Å². The summed E-state index contributed by atoms with van der Waals surface area (Å²) in [4.78, 5) is 32.6. The Morgan fingerprint density at radius 2 is 1.69 bits per heavy atom. The van der Waals surface area contributed by atoms with E-state index in [-0.39, 0.29) is 11.9 Å². The van der Waals surface area contributed by atoms with Crippen molar-refractivity contribution in [3.63, 3.8) is 0 Å². The second-order valence-corrected chi connectivity index (χ2v) is 9.47. The Morgan fingerprint density at radius 3 is 2.39 bits per heavy atom. The van der Waals surface area contributed by atoms with E-state index in [0.29, 0.717) is 17.4 Å². The van der Waals surface area contributed by atoms with Crippen LogP contribution in [0.3, 0.4) is 0 Å². The molecule has 0 spiro atoms. The Labute approximate surface area is 211 Å². The van der Waals surface area contributed by atoms with E-state index >= 15 is 0 Å². The van der Waals surface area contributed by atoms with Crippen molar-refractivity contribution in [1.82, 2.24) is 29.4 Å². The summed E-state index contributed by atoms with van der Waals surface area (Å²) in [6, 6.07) is 13.8. The number of hydrogen-bond donors (Lipinski definition) is 1. The number of anilines is 2. The van der Waals surface area contributed by atoms with Crippen LogP contribution < -0.4 is 5.32 Å². The normalized spacial score (nSPS) is 14.3. The van der Waals surface area contributed by atoms with E-state index in [1.165, 1.54) is 5.56 Å². The molecule has 8 heteroatoms. The first-order valence-corrected chi connectivity index (χ1v) is 12.4. The minimum Gasteiger partial charge on any atom is -0.339 e. The lowest BCUT2D eigenvalue weighted by Crippen LogP contribution is -2.37. The molecule has 1 aliphatic heterocycles.